The number of nitrogens with zero attached hydrogens (tertiary/aromatic N) is 1. The maximum absolute atomic E-state index is 12.1. The van der Waals surface area contributed by atoms with Gasteiger partial charge in [0.1, 0.15) is 0 Å². The molecule has 1 amide bonds. The SMILES string of the molecule is COc1cc(C=CC=CC(=O)NCCN2CCC(c3c[nH]c4ccccc34)CC2)ccc1O. The molecule has 1 aliphatic heterocycles. The number of ether oxygens (including phenoxy) is 1. The van der Waals surface area contributed by atoms with Crippen LogP contribution < -0.4 is 10.1 Å². The highest BCUT2D eigenvalue weighted by molar-refractivity contribution is 5.87. The van der Waals surface area contributed by atoms with Gasteiger partial charge in [0, 0.05) is 36.3 Å². The maximum Gasteiger partial charge on any atom is 0.244 e. The van der Waals surface area contributed by atoms with Crippen molar-refractivity contribution in [1.29, 1.82) is 0 Å². The van der Waals surface area contributed by atoms with E-state index in [-0.39, 0.29) is 11.7 Å². The van der Waals surface area contributed by atoms with Gasteiger partial charge >= 0.3 is 0 Å². The first kappa shape index (κ1) is 22.7. The second-order valence-electron chi connectivity index (χ2n) is 8.35. The van der Waals surface area contributed by atoms with E-state index in [1.807, 2.05) is 6.08 Å². The zero-order valence-electron chi connectivity index (χ0n) is 19.0. The maximum atomic E-state index is 12.1. The number of phenolic OH excluding ortho intramolecular Hbond substituents is 1. The summed E-state index contributed by atoms with van der Waals surface area (Å²) >= 11 is 0. The molecule has 4 rings (SSSR count). The molecule has 0 bridgehead atoms. The van der Waals surface area contributed by atoms with Gasteiger partial charge in [0.05, 0.1) is 7.11 Å². The van der Waals surface area contributed by atoms with Gasteiger partial charge in [-0.3, -0.25) is 4.79 Å². The minimum atomic E-state index is -0.100. The third-order valence-electron chi connectivity index (χ3n) is 6.23. The van der Waals surface area contributed by atoms with Crippen molar-refractivity contribution in [1.82, 2.24) is 15.2 Å². The number of rotatable bonds is 8. The molecule has 1 fully saturated rings. The van der Waals surface area contributed by atoms with Crippen LogP contribution in [0.15, 0.2) is 66.9 Å². The summed E-state index contributed by atoms with van der Waals surface area (Å²) in [4.78, 5) is 17.9. The summed E-state index contributed by atoms with van der Waals surface area (Å²) in [6.45, 7) is 3.60. The van der Waals surface area contributed by atoms with Crippen LogP contribution >= 0.6 is 0 Å². The molecule has 172 valence electrons. The fourth-order valence-electron chi connectivity index (χ4n) is 4.40. The molecule has 0 spiro atoms. The Morgan fingerprint density at radius 3 is 2.85 bits per heavy atom. The molecular weight excluding hydrogens is 414 g/mol. The molecule has 2 aromatic carbocycles. The van der Waals surface area contributed by atoms with Gasteiger partial charge in [-0.15, -0.1) is 0 Å². The van der Waals surface area contributed by atoms with E-state index in [1.165, 1.54) is 29.7 Å². The Bertz CT molecular complexity index is 1140. The van der Waals surface area contributed by atoms with E-state index in [0.717, 1.165) is 38.0 Å². The number of piperidine rings is 1. The average molecular weight is 446 g/mol. The van der Waals surface area contributed by atoms with Crippen molar-refractivity contribution in [2.75, 3.05) is 33.3 Å². The lowest BCUT2D eigenvalue weighted by atomic mass is 9.89. The molecule has 2 heterocycles. The van der Waals surface area contributed by atoms with Crippen molar-refractivity contribution in [2.45, 2.75) is 18.8 Å². The summed E-state index contributed by atoms with van der Waals surface area (Å²) in [5.74, 6) is 1.02. The van der Waals surface area contributed by atoms with Crippen LogP contribution in [0, 0.1) is 0 Å². The summed E-state index contributed by atoms with van der Waals surface area (Å²) in [6, 6.07) is 13.6. The van der Waals surface area contributed by atoms with Crippen LogP contribution in [0.2, 0.25) is 0 Å². The van der Waals surface area contributed by atoms with Gasteiger partial charge in [-0.1, -0.05) is 42.5 Å². The molecular formula is C27H31N3O3. The van der Waals surface area contributed by atoms with Crippen LogP contribution in [-0.4, -0.2) is 54.2 Å². The van der Waals surface area contributed by atoms with Gasteiger partial charge in [-0.05, 0) is 61.2 Å². The minimum Gasteiger partial charge on any atom is -0.504 e. The lowest BCUT2D eigenvalue weighted by molar-refractivity contribution is -0.116. The molecule has 1 saturated heterocycles. The van der Waals surface area contributed by atoms with Gasteiger partial charge in [0.2, 0.25) is 5.91 Å². The van der Waals surface area contributed by atoms with Crippen LogP contribution in [0.5, 0.6) is 11.5 Å². The van der Waals surface area contributed by atoms with Crippen LogP contribution in [0.25, 0.3) is 17.0 Å². The molecule has 33 heavy (non-hydrogen) atoms. The van der Waals surface area contributed by atoms with Gasteiger partial charge in [-0.2, -0.15) is 0 Å². The standard InChI is InChI=1S/C27H31N3O3/c1-33-26-18-20(10-11-25(26)31)6-2-5-9-27(32)28-14-17-30-15-12-21(13-16-30)23-19-29-24-8-4-3-7-22(23)24/h2-11,18-19,21,29,31H,12-17H2,1H3,(H,28,32). The molecule has 6 nitrogen and oxygen atoms in total. The number of likely N-dealkylation sites (tertiary alicyclic amines) is 1. The molecule has 0 unspecified atom stereocenters. The number of aromatic hydroxyl groups is 1. The second-order valence-corrected chi connectivity index (χ2v) is 8.35. The predicted molar refractivity (Wildman–Crippen MR) is 133 cm³/mol. The first-order valence-electron chi connectivity index (χ1n) is 11.4. The van der Waals surface area contributed by atoms with Gasteiger partial charge in [-0.25, -0.2) is 0 Å². The molecule has 0 aliphatic carbocycles. The summed E-state index contributed by atoms with van der Waals surface area (Å²) in [7, 11) is 1.51. The summed E-state index contributed by atoms with van der Waals surface area (Å²) in [5.41, 5.74) is 3.52. The quantitative estimate of drug-likeness (QED) is 0.354. The van der Waals surface area contributed by atoms with E-state index in [4.69, 9.17) is 4.74 Å². The predicted octanol–water partition coefficient (Wildman–Crippen LogP) is 4.45. The fourth-order valence-corrected chi connectivity index (χ4v) is 4.40. The topological polar surface area (TPSA) is 77.6 Å². The van der Waals surface area contributed by atoms with Gasteiger partial charge < -0.3 is 25.0 Å². The number of hydrogen-bond acceptors (Lipinski definition) is 4. The number of benzene rings is 2. The van der Waals surface area contributed by atoms with Crippen LogP contribution in [-0.2, 0) is 4.79 Å². The Labute approximate surface area is 194 Å². The van der Waals surface area contributed by atoms with Crippen LogP contribution in [0.4, 0.5) is 0 Å². The highest BCUT2D eigenvalue weighted by atomic mass is 16.5. The van der Waals surface area contributed by atoms with Gasteiger partial charge in [0.15, 0.2) is 11.5 Å². The Morgan fingerprint density at radius 2 is 2.03 bits per heavy atom. The smallest absolute Gasteiger partial charge is 0.244 e. The normalized spacial score (nSPS) is 15.5. The Hall–Kier alpha value is -3.51. The largest absolute Gasteiger partial charge is 0.504 e. The first-order chi connectivity index (χ1) is 16.1. The lowest BCUT2D eigenvalue weighted by Crippen LogP contribution is -2.38. The highest BCUT2D eigenvalue weighted by Gasteiger charge is 2.22. The van der Waals surface area contributed by atoms with E-state index >= 15 is 0 Å². The van der Waals surface area contributed by atoms with Crippen LogP contribution in [0.3, 0.4) is 0 Å². The van der Waals surface area contributed by atoms with Crippen molar-refractivity contribution in [2.24, 2.45) is 0 Å². The summed E-state index contributed by atoms with van der Waals surface area (Å²) < 4.78 is 5.09. The highest BCUT2D eigenvalue weighted by Crippen LogP contribution is 2.33. The summed E-state index contributed by atoms with van der Waals surface area (Å²) in [5, 5.41) is 13.9. The van der Waals surface area contributed by atoms with Crippen molar-refractivity contribution >= 4 is 22.9 Å². The number of amides is 1. The second kappa shape index (κ2) is 10.9. The molecule has 1 aromatic heterocycles. The molecule has 1 aliphatic rings. The zero-order chi connectivity index (χ0) is 23.0. The van der Waals surface area contributed by atoms with Crippen molar-refractivity contribution < 1.29 is 14.6 Å². The minimum absolute atomic E-state index is 0.100. The van der Waals surface area contributed by atoms with E-state index in [9.17, 15) is 9.90 Å². The molecule has 0 radical (unpaired) electrons. The number of aromatic nitrogens is 1. The number of nitrogens with one attached hydrogen (secondary N) is 2. The number of allylic oxidation sites excluding steroid dienone is 2. The lowest BCUT2D eigenvalue weighted by Gasteiger charge is -2.31. The number of aromatic amines is 1. The zero-order valence-corrected chi connectivity index (χ0v) is 19.0. The number of phenols is 1. The molecule has 3 N–H and O–H groups in total. The Balaban J connectivity index is 1.17. The number of fused-ring (bicyclic) bond motifs is 1. The van der Waals surface area contributed by atoms with E-state index < -0.39 is 0 Å². The van der Waals surface area contributed by atoms with E-state index in [0.29, 0.717) is 18.2 Å². The van der Waals surface area contributed by atoms with Gasteiger partial charge in [0.25, 0.3) is 0 Å². The van der Waals surface area contributed by atoms with E-state index in [1.54, 1.807) is 30.4 Å². The number of para-hydroxylation sites is 1. The Morgan fingerprint density at radius 1 is 1.21 bits per heavy atom. The molecule has 3 aromatic rings. The Kier molecular flexibility index (Phi) is 7.47. The number of carbonyl (C=O) groups excluding carboxylic acids is 1. The van der Waals surface area contributed by atoms with E-state index in [2.05, 4.69) is 45.7 Å². The third kappa shape index (κ3) is 5.84. The first-order valence-corrected chi connectivity index (χ1v) is 11.4. The number of hydrogen-bond donors (Lipinski definition) is 3. The number of H-pyrrole nitrogens is 1. The molecule has 0 saturated carbocycles. The van der Waals surface area contributed by atoms with Crippen molar-refractivity contribution in [3.8, 4) is 11.5 Å². The molecule has 6 heteroatoms. The number of carbonyl (C=O) groups is 1. The third-order valence-corrected chi connectivity index (χ3v) is 6.23. The van der Waals surface area contributed by atoms with Crippen molar-refractivity contribution in [3.05, 3.63) is 78.0 Å². The number of methoxy groups -OCH3 is 1. The van der Waals surface area contributed by atoms with Crippen LogP contribution in [0.1, 0.15) is 29.9 Å². The fraction of sp³-hybridized carbons (Fsp3) is 0.296. The summed E-state index contributed by atoms with van der Waals surface area (Å²) in [6.07, 6.45) is 11.3. The monoisotopic (exact) mass is 445 g/mol. The molecule has 0 atom stereocenters. The average Bonchev–Trinajstić information content (AvgIpc) is 3.27. The van der Waals surface area contributed by atoms with Crippen molar-refractivity contribution in [3.63, 3.8) is 0 Å².